The first kappa shape index (κ1) is 13.1. The summed E-state index contributed by atoms with van der Waals surface area (Å²) in [5, 5.41) is 6.11. The number of rotatable bonds is 5. The number of carbonyl (C=O) groups is 1. The fourth-order valence-corrected chi connectivity index (χ4v) is 2.25. The van der Waals surface area contributed by atoms with Gasteiger partial charge in [-0.1, -0.05) is 25.7 Å². The molecule has 1 rings (SSSR count). The van der Waals surface area contributed by atoms with Crippen LogP contribution in [0.2, 0.25) is 0 Å². The molecule has 1 aliphatic rings. The number of carbonyl (C=O) groups excluding carboxylic acids is 1. The number of hydrogen-bond acceptors (Lipinski definition) is 2. The molecular weight excluding hydrogens is 200 g/mol. The summed E-state index contributed by atoms with van der Waals surface area (Å²) in [5.74, 6) is 3.25. The summed E-state index contributed by atoms with van der Waals surface area (Å²) in [4.78, 5) is 11.3. The summed E-state index contributed by atoms with van der Waals surface area (Å²) < 4.78 is 0. The highest BCUT2D eigenvalue weighted by molar-refractivity contribution is 5.76. The van der Waals surface area contributed by atoms with Crippen LogP contribution in [0.4, 0.5) is 0 Å². The Morgan fingerprint density at radius 3 is 3.00 bits per heavy atom. The molecule has 2 atom stereocenters. The normalized spacial score (nSPS) is 24.8. The first-order valence-corrected chi connectivity index (χ1v) is 6.16. The second-order valence-electron chi connectivity index (χ2n) is 4.65. The largest absolute Gasteiger partial charge is 0.345 e. The highest BCUT2D eigenvalue weighted by atomic mass is 16.1. The molecule has 0 bridgehead atoms. The zero-order chi connectivity index (χ0) is 11.8. The third kappa shape index (κ3) is 5.18. The summed E-state index contributed by atoms with van der Waals surface area (Å²) in [6.07, 6.45) is 10.7. The van der Waals surface area contributed by atoms with Gasteiger partial charge >= 0.3 is 0 Å². The minimum atomic E-state index is 0.0364. The molecule has 0 aromatic heterocycles. The van der Waals surface area contributed by atoms with Gasteiger partial charge in [0.25, 0.3) is 0 Å². The topological polar surface area (TPSA) is 41.1 Å². The molecule has 1 fully saturated rings. The molecule has 1 amide bonds. The van der Waals surface area contributed by atoms with Gasteiger partial charge in [0.05, 0.1) is 6.54 Å². The first-order valence-electron chi connectivity index (χ1n) is 6.16. The zero-order valence-electron chi connectivity index (χ0n) is 10.1. The first-order chi connectivity index (χ1) is 7.72. The zero-order valence-corrected chi connectivity index (χ0v) is 10.1. The molecule has 3 nitrogen and oxygen atoms in total. The predicted octanol–water partition coefficient (Wildman–Crippen LogP) is 1.29. The average Bonchev–Trinajstić information content (AvgIpc) is 2.26. The van der Waals surface area contributed by atoms with E-state index in [9.17, 15) is 4.79 Å². The van der Waals surface area contributed by atoms with Crippen molar-refractivity contribution in [3.8, 4) is 12.3 Å². The van der Waals surface area contributed by atoms with E-state index in [4.69, 9.17) is 6.42 Å². The van der Waals surface area contributed by atoms with Crippen molar-refractivity contribution in [2.75, 3.05) is 13.1 Å². The third-order valence-corrected chi connectivity index (χ3v) is 3.11. The van der Waals surface area contributed by atoms with Crippen LogP contribution in [0.1, 0.15) is 39.0 Å². The molecule has 0 saturated heterocycles. The molecule has 0 radical (unpaired) electrons. The number of nitrogens with one attached hydrogen (secondary N) is 2. The van der Waals surface area contributed by atoms with Crippen LogP contribution >= 0.6 is 0 Å². The van der Waals surface area contributed by atoms with Crippen molar-refractivity contribution in [3.05, 3.63) is 0 Å². The van der Waals surface area contributed by atoms with E-state index in [1.54, 1.807) is 0 Å². The van der Waals surface area contributed by atoms with Gasteiger partial charge in [0.15, 0.2) is 0 Å². The van der Waals surface area contributed by atoms with Crippen molar-refractivity contribution in [2.45, 2.75) is 45.1 Å². The van der Waals surface area contributed by atoms with Crippen molar-refractivity contribution in [1.29, 1.82) is 0 Å². The van der Waals surface area contributed by atoms with Crippen LogP contribution in [0.3, 0.4) is 0 Å². The molecule has 2 unspecified atom stereocenters. The SMILES string of the molecule is C#CCNC(=O)CCNC1CCCC(C)C1. The van der Waals surface area contributed by atoms with Gasteiger partial charge in [-0.25, -0.2) is 0 Å². The quantitative estimate of drug-likeness (QED) is 0.688. The Labute approximate surface area is 98.4 Å². The lowest BCUT2D eigenvalue weighted by atomic mass is 9.87. The van der Waals surface area contributed by atoms with Gasteiger partial charge in [-0.05, 0) is 18.8 Å². The summed E-state index contributed by atoms with van der Waals surface area (Å²) in [6, 6.07) is 0.601. The number of hydrogen-bond donors (Lipinski definition) is 2. The van der Waals surface area contributed by atoms with Crippen molar-refractivity contribution >= 4 is 5.91 Å². The Balaban J connectivity index is 2.06. The maximum Gasteiger partial charge on any atom is 0.222 e. The van der Waals surface area contributed by atoms with E-state index in [1.165, 1.54) is 25.7 Å². The van der Waals surface area contributed by atoms with Crippen LogP contribution in [0.15, 0.2) is 0 Å². The molecule has 2 N–H and O–H groups in total. The highest BCUT2D eigenvalue weighted by Gasteiger charge is 2.17. The Morgan fingerprint density at radius 2 is 2.31 bits per heavy atom. The fourth-order valence-electron chi connectivity index (χ4n) is 2.25. The van der Waals surface area contributed by atoms with Gasteiger partial charge in [0.2, 0.25) is 5.91 Å². The maximum absolute atomic E-state index is 11.3. The van der Waals surface area contributed by atoms with Gasteiger partial charge in [0.1, 0.15) is 0 Å². The van der Waals surface area contributed by atoms with Crippen molar-refractivity contribution in [1.82, 2.24) is 10.6 Å². The molecule has 0 spiro atoms. The second-order valence-corrected chi connectivity index (χ2v) is 4.65. The van der Waals surface area contributed by atoms with Crippen LogP contribution in [-0.4, -0.2) is 25.0 Å². The van der Waals surface area contributed by atoms with Crippen LogP contribution in [-0.2, 0) is 4.79 Å². The molecule has 1 aliphatic carbocycles. The lowest BCUT2D eigenvalue weighted by molar-refractivity contribution is -0.120. The average molecular weight is 222 g/mol. The minimum Gasteiger partial charge on any atom is -0.345 e. The van der Waals surface area contributed by atoms with E-state index in [-0.39, 0.29) is 5.91 Å². The van der Waals surface area contributed by atoms with Crippen molar-refractivity contribution in [2.24, 2.45) is 5.92 Å². The number of amides is 1. The van der Waals surface area contributed by atoms with Gasteiger partial charge < -0.3 is 10.6 Å². The van der Waals surface area contributed by atoms with Crippen LogP contribution in [0.5, 0.6) is 0 Å². The van der Waals surface area contributed by atoms with E-state index in [1.807, 2.05) is 0 Å². The van der Waals surface area contributed by atoms with Crippen LogP contribution < -0.4 is 10.6 Å². The van der Waals surface area contributed by atoms with Gasteiger partial charge in [0, 0.05) is 19.0 Å². The smallest absolute Gasteiger partial charge is 0.222 e. The Hall–Kier alpha value is -1.01. The Kier molecular flexibility index (Phi) is 5.95. The molecule has 3 heteroatoms. The summed E-state index contributed by atoms with van der Waals surface area (Å²) in [6.45, 7) is 3.39. The second kappa shape index (κ2) is 7.29. The molecule has 0 aromatic carbocycles. The van der Waals surface area contributed by atoms with Crippen LogP contribution in [0.25, 0.3) is 0 Å². The highest BCUT2D eigenvalue weighted by Crippen LogP contribution is 2.23. The minimum absolute atomic E-state index is 0.0364. The Morgan fingerprint density at radius 1 is 1.50 bits per heavy atom. The number of terminal acetylenes is 1. The lowest BCUT2D eigenvalue weighted by Crippen LogP contribution is -2.36. The van der Waals surface area contributed by atoms with E-state index >= 15 is 0 Å². The summed E-state index contributed by atoms with van der Waals surface area (Å²) >= 11 is 0. The van der Waals surface area contributed by atoms with Crippen LogP contribution in [0, 0.1) is 18.3 Å². The molecule has 0 heterocycles. The molecular formula is C13H22N2O. The van der Waals surface area contributed by atoms with Crippen molar-refractivity contribution in [3.63, 3.8) is 0 Å². The van der Waals surface area contributed by atoms with Gasteiger partial charge in [-0.3, -0.25) is 4.79 Å². The fraction of sp³-hybridized carbons (Fsp3) is 0.769. The summed E-state index contributed by atoms with van der Waals surface area (Å²) in [5.41, 5.74) is 0. The van der Waals surface area contributed by atoms with Crippen molar-refractivity contribution < 1.29 is 4.79 Å². The predicted molar refractivity (Wildman–Crippen MR) is 65.9 cm³/mol. The van der Waals surface area contributed by atoms with Gasteiger partial charge in [-0.2, -0.15) is 0 Å². The van der Waals surface area contributed by atoms with E-state index in [0.717, 1.165) is 12.5 Å². The van der Waals surface area contributed by atoms with E-state index in [2.05, 4.69) is 23.5 Å². The molecule has 1 saturated carbocycles. The lowest BCUT2D eigenvalue weighted by Gasteiger charge is -2.27. The molecule has 16 heavy (non-hydrogen) atoms. The molecule has 0 aliphatic heterocycles. The maximum atomic E-state index is 11.3. The third-order valence-electron chi connectivity index (χ3n) is 3.11. The Bertz CT molecular complexity index is 257. The monoisotopic (exact) mass is 222 g/mol. The van der Waals surface area contributed by atoms with E-state index < -0.39 is 0 Å². The standard InChI is InChI=1S/C13H22N2O/c1-3-8-15-13(16)7-9-14-12-6-4-5-11(2)10-12/h1,11-12,14H,4-10H2,2H3,(H,15,16). The summed E-state index contributed by atoms with van der Waals surface area (Å²) in [7, 11) is 0. The van der Waals surface area contributed by atoms with E-state index in [0.29, 0.717) is 19.0 Å². The molecule has 90 valence electrons. The molecule has 0 aromatic rings. The van der Waals surface area contributed by atoms with Gasteiger partial charge in [-0.15, -0.1) is 6.42 Å².